The predicted octanol–water partition coefficient (Wildman–Crippen LogP) is 12.9. The third-order valence-electron chi connectivity index (χ3n) is 9.19. The molecule has 0 radical (unpaired) electrons. The maximum absolute atomic E-state index is 6.59. The van der Waals surface area contributed by atoms with Gasteiger partial charge in [-0.3, -0.25) is 0 Å². The van der Waals surface area contributed by atoms with Crippen LogP contribution in [0.25, 0.3) is 0 Å². The van der Waals surface area contributed by atoms with E-state index in [2.05, 4.69) is 81.5 Å². The Morgan fingerprint density at radius 3 is 1.49 bits per heavy atom. The Balaban J connectivity index is 2.17. The maximum atomic E-state index is 6.59. The summed E-state index contributed by atoms with van der Waals surface area (Å²) in [6.45, 7) is 7.39. The van der Waals surface area contributed by atoms with E-state index in [1.165, 1.54) is 122 Å². The van der Waals surface area contributed by atoms with Gasteiger partial charge in [-0.2, -0.15) is 0 Å². The van der Waals surface area contributed by atoms with E-state index in [9.17, 15) is 0 Å². The Kier molecular flexibility index (Phi) is 29.2. The highest BCUT2D eigenvalue weighted by Crippen LogP contribution is 2.40. The quantitative estimate of drug-likeness (QED) is 0.0421. The molecule has 0 bridgehead atoms. The smallest absolute Gasteiger partial charge is 0.168 e. The number of rotatable bonds is 32. The van der Waals surface area contributed by atoms with Gasteiger partial charge in [-0.1, -0.05) is 127 Å². The first kappa shape index (κ1) is 41.9. The molecule has 2 unspecified atom stereocenters. The lowest BCUT2D eigenvalue weighted by atomic mass is 10.0. The van der Waals surface area contributed by atoms with E-state index in [1.54, 1.807) is 0 Å². The average Bonchev–Trinajstić information content (AvgIpc) is 3.44. The third kappa shape index (κ3) is 26.6. The van der Waals surface area contributed by atoms with Crippen molar-refractivity contribution in [2.75, 3.05) is 33.9 Å². The summed E-state index contributed by atoms with van der Waals surface area (Å²) >= 11 is 0. The first-order valence-electron chi connectivity index (χ1n) is 19.6. The van der Waals surface area contributed by atoms with E-state index >= 15 is 0 Å². The van der Waals surface area contributed by atoms with Crippen molar-refractivity contribution in [2.45, 2.75) is 180 Å². The fourth-order valence-electron chi connectivity index (χ4n) is 6.21. The first-order valence-corrected chi connectivity index (χ1v) is 19.6. The fourth-order valence-corrected chi connectivity index (χ4v) is 6.21. The van der Waals surface area contributed by atoms with Gasteiger partial charge < -0.3 is 14.4 Å². The fraction of sp³-hybridized carbons (Fsp3) is 0.810. The van der Waals surface area contributed by atoms with Gasteiger partial charge in [-0.15, -0.1) is 0 Å². The number of hydrogen-bond acceptors (Lipinski definition) is 3. The van der Waals surface area contributed by atoms with Crippen molar-refractivity contribution in [3.8, 4) is 0 Å². The monoisotopic (exact) mass is 628 g/mol. The molecule has 0 spiro atoms. The molecule has 262 valence electrons. The van der Waals surface area contributed by atoms with Crippen LogP contribution in [-0.2, 0) is 9.47 Å². The molecule has 45 heavy (non-hydrogen) atoms. The molecule has 1 saturated carbocycles. The minimum absolute atomic E-state index is 0.317. The topological polar surface area (TPSA) is 21.7 Å². The van der Waals surface area contributed by atoms with Crippen LogP contribution in [0.2, 0.25) is 0 Å². The van der Waals surface area contributed by atoms with E-state index in [4.69, 9.17) is 9.47 Å². The molecule has 0 aromatic carbocycles. The molecule has 0 aliphatic heterocycles. The van der Waals surface area contributed by atoms with Crippen molar-refractivity contribution in [1.29, 1.82) is 0 Å². The van der Waals surface area contributed by atoms with E-state index in [-0.39, 0.29) is 5.79 Å². The van der Waals surface area contributed by atoms with Gasteiger partial charge >= 0.3 is 0 Å². The van der Waals surface area contributed by atoms with Gasteiger partial charge in [0.05, 0.1) is 13.2 Å². The third-order valence-corrected chi connectivity index (χ3v) is 9.19. The summed E-state index contributed by atoms with van der Waals surface area (Å²) < 4.78 is 13.2. The molecule has 0 aromatic heterocycles. The molecule has 0 saturated heterocycles. The Morgan fingerprint density at radius 2 is 1.00 bits per heavy atom. The molecular formula is C42H77NO2. The van der Waals surface area contributed by atoms with Gasteiger partial charge in [0.2, 0.25) is 0 Å². The van der Waals surface area contributed by atoms with Crippen molar-refractivity contribution >= 4 is 0 Å². The van der Waals surface area contributed by atoms with Crippen LogP contribution in [-0.4, -0.2) is 44.5 Å². The number of unbranched alkanes of at least 4 members (excludes halogenated alkanes) is 15. The summed E-state index contributed by atoms with van der Waals surface area (Å²) in [4.78, 5) is 2.31. The summed E-state index contributed by atoms with van der Waals surface area (Å²) in [6.07, 6.45) is 49.9. The average molecular weight is 628 g/mol. The lowest BCUT2D eigenvalue weighted by Gasteiger charge is -2.30. The van der Waals surface area contributed by atoms with Crippen molar-refractivity contribution in [3.63, 3.8) is 0 Å². The van der Waals surface area contributed by atoms with E-state index in [0.717, 1.165) is 64.2 Å². The SMILES string of the molecule is CCCC/C=C\C/C=C\CCCCCCCOC1(OCCCCCCC/C=C\C/C=C\CCCCC)CCC(CCN(C)C)C1. The van der Waals surface area contributed by atoms with Crippen LogP contribution in [0.3, 0.4) is 0 Å². The summed E-state index contributed by atoms with van der Waals surface area (Å²) in [5.74, 6) is 0.416. The van der Waals surface area contributed by atoms with Crippen molar-refractivity contribution < 1.29 is 9.47 Å². The molecular weight excluding hydrogens is 550 g/mol. The number of allylic oxidation sites excluding steroid dienone is 8. The standard InChI is InChI=1S/C42H77NO2/c1-5-7-9-11-13-15-17-19-21-23-25-27-29-31-33-39-45-42(36-34-41(40-42)35-37-43(3)4)44-38-32-30-28-26-24-22-20-18-16-14-12-10-8-6-2/h12-15,18-21,41H,5-11,16-17,22-40H2,1-4H3/b14-12-,15-13-,20-18-,21-19-. The molecule has 1 aliphatic rings. The van der Waals surface area contributed by atoms with E-state index in [1.807, 2.05) is 0 Å². The summed E-state index contributed by atoms with van der Waals surface area (Å²) in [7, 11) is 4.37. The van der Waals surface area contributed by atoms with Gasteiger partial charge in [-0.05, 0) is 110 Å². The zero-order valence-electron chi connectivity index (χ0n) is 30.8. The van der Waals surface area contributed by atoms with Crippen molar-refractivity contribution in [1.82, 2.24) is 4.90 Å². The minimum Gasteiger partial charge on any atom is -0.350 e. The number of hydrogen-bond donors (Lipinski definition) is 0. The summed E-state index contributed by atoms with van der Waals surface area (Å²) in [6, 6.07) is 0. The predicted molar refractivity (Wildman–Crippen MR) is 200 cm³/mol. The highest BCUT2D eigenvalue weighted by molar-refractivity contribution is 4.93. The molecule has 0 N–H and O–H groups in total. The Labute approximate surface area is 282 Å². The van der Waals surface area contributed by atoms with E-state index < -0.39 is 0 Å². The van der Waals surface area contributed by atoms with Crippen molar-refractivity contribution in [3.05, 3.63) is 48.6 Å². The molecule has 3 nitrogen and oxygen atoms in total. The van der Waals surface area contributed by atoms with Crippen LogP contribution in [0.15, 0.2) is 48.6 Å². The van der Waals surface area contributed by atoms with Gasteiger partial charge in [-0.25, -0.2) is 0 Å². The zero-order chi connectivity index (χ0) is 32.5. The lowest BCUT2D eigenvalue weighted by molar-refractivity contribution is -0.235. The van der Waals surface area contributed by atoms with Crippen LogP contribution < -0.4 is 0 Å². The first-order chi connectivity index (χ1) is 22.1. The second kappa shape index (κ2) is 31.4. The number of nitrogens with zero attached hydrogens (tertiary/aromatic N) is 1. The van der Waals surface area contributed by atoms with Crippen LogP contribution in [0.4, 0.5) is 0 Å². The van der Waals surface area contributed by atoms with Gasteiger partial charge in [0.25, 0.3) is 0 Å². The molecule has 3 heteroatoms. The Bertz CT molecular complexity index is 739. The second-order valence-electron chi connectivity index (χ2n) is 13.9. The van der Waals surface area contributed by atoms with Crippen LogP contribution in [0.1, 0.15) is 174 Å². The molecule has 0 heterocycles. The number of ether oxygens (including phenoxy) is 2. The maximum Gasteiger partial charge on any atom is 0.168 e. The van der Waals surface area contributed by atoms with Crippen molar-refractivity contribution in [2.24, 2.45) is 5.92 Å². The highest BCUT2D eigenvalue weighted by Gasteiger charge is 2.40. The zero-order valence-corrected chi connectivity index (χ0v) is 30.8. The van der Waals surface area contributed by atoms with Crippen LogP contribution in [0.5, 0.6) is 0 Å². The van der Waals surface area contributed by atoms with Gasteiger partial charge in [0, 0.05) is 12.8 Å². The molecule has 0 aromatic rings. The molecule has 0 amide bonds. The second-order valence-corrected chi connectivity index (χ2v) is 13.9. The normalized spacial score (nSPS) is 19.2. The van der Waals surface area contributed by atoms with Gasteiger partial charge in [0.15, 0.2) is 5.79 Å². The van der Waals surface area contributed by atoms with E-state index in [0.29, 0.717) is 0 Å². The molecule has 1 aliphatic carbocycles. The lowest BCUT2D eigenvalue weighted by Crippen LogP contribution is -2.34. The molecule has 2 atom stereocenters. The van der Waals surface area contributed by atoms with Gasteiger partial charge in [0.1, 0.15) is 0 Å². The van der Waals surface area contributed by atoms with Crippen LogP contribution in [0, 0.1) is 5.92 Å². The highest BCUT2D eigenvalue weighted by atomic mass is 16.7. The molecule has 1 fully saturated rings. The molecule has 1 rings (SSSR count). The Hall–Kier alpha value is -1.16. The summed E-state index contributed by atoms with van der Waals surface area (Å²) in [5.41, 5.74) is 0. The minimum atomic E-state index is -0.317. The summed E-state index contributed by atoms with van der Waals surface area (Å²) in [5, 5.41) is 0. The van der Waals surface area contributed by atoms with Crippen LogP contribution >= 0.6 is 0 Å². The largest absolute Gasteiger partial charge is 0.350 e. The Morgan fingerprint density at radius 1 is 0.556 bits per heavy atom.